The summed E-state index contributed by atoms with van der Waals surface area (Å²) in [6.45, 7) is 2.52. The number of primary amides is 1. The number of aliphatic carboxylic acids is 1. The molecule has 12 nitrogen and oxygen atoms in total. The fraction of sp³-hybridized carbons (Fsp3) is 0.450. The maximum atomic E-state index is 12.9. The molecule has 0 aliphatic rings. The summed E-state index contributed by atoms with van der Waals surface area (Å²) in [7, 11) is 0. The summed E-state index contributed by atoms with van der Waals surface area (Å²) < 4.78 is 0. The Labute approximate surface area is 184 Å². The number of rotatable bonds is 12. The van der Waals surface area contributed by atoms with Gasteiger partial charge in [-0.1, -0.05) is 30.3 Å². The van der Waals surface area contributed by atoms with Crippen molar-refractivity contribution >= 4 is 29.6 Å². The molecule has 0 aliphatic heterocycles. The number of nitrogens with one attached hydrogen (secondary N) is 3. The third-order valence-corrected chi connectivity index (χ3v) is 4.51. The molecule has 4 amide bonds. The van der Waals surface area contributed by atoms with Crippen molar-refractivity contribution in [1.29, 1.82) is 0 Å². The molecule has 0 bridgehead atoms. The van der Waals surface area contributed by atoms with E-state index in [2.05, 4.69) is 16.0 Å². The van der Waals surface area contributed by atoms with E-state index in [9.17, 15) is 29.1 Å². The zero-order chi connectivity index (χ0) is 24.4. The predicted molar refractivity (Wildman–Crippen MR) is 113 cm³/mol. The van der Waals surface area contributed by atoms with Gasteiger partial charge in [0, 0.05) is 6.42 Å². The van der Waals surface area contributed by atoms with Gasteiger partial charge in [-0.25, -0.2) is 0 Å². The zero-order valence-corrected chi connectivity index (χ0v) is 17.8. The molecular weight excluding hydrogens is 422 g/mol. The van der Waals surface area contributed by atoms with Crippen molar-refractivity contribution in [2.75, 3.05) is 0 Å². The van der Waals surface area contributed by atoms with Crippen molar-refractivity contribution in [1.82, 2.24) is 16.0 Å². The Morgan fingerprint density at radius 3 is 1.94 bits per heavy atom. The van der Waals surface area contributed by atoms with Crippen molar-refractivity contribution in [3.05, 3.63) is 35.9 Å². The van der Waals surface area contributed by atoms with Crippen molar-refractivity contribution in [2.45, 2.75) is 57.0 Å². The summed E-state index contributed by atoms with van der Waals surface area (Å²) >= 11 is 0. The number of hydrogen-bond donors (Lipinski definition) is 7. The first-order valence-electron chi connectivity index (χ1n) is 9.82. The van der Waals surface area contributed by atoms with Crippen LogP contribution in [0.3, 0.4) is 0 Å². The molecule has 0 aromatic heterocycles. The molecule has 5 unspecified atom stereocenters. The van der Waals surface area contributed by atoms with Crippen LogP contribution in [0.2, 0.25) is 0 Å². The highest BCUT2D eigenvalue weighted by Crippen LogP contribution is 2.06. The minimum Gasteiger partial charge on any atom is -0.480 e. The van der Waals surface area contributed by atoms with Gasteiger partial charge in [-0.05, 0) is 19.4 Å². The van der Waals surface area contributed by atoms with Crippen molar-refractivity contribution in [3.63, 3.8) is 0 Å². The van der Waals surface area contributed by atoms with Gasteiger partial charge >= 0.3 is 5.97 Å². The van der Waals surface area contributed by atoms with E-state index in [-0.39, 0.29) is 6.42 Å². The normalized spacial score (nSPS) is 15.4. The van der Waals surface area contributed by atoms with Crippen LogP contribution in [0.15, 0.2) is 30.3 Å². The average Bonchev–Trinajstić information content (AvgIpc) is 2.72. The van der Waals surface area contributed by atoms with Gasteiger partial charge in [0.25, 0.3) is 0 Å². The average molecular weight is 451 g/mol. The Morgan fingerprint density at radius 1 is 0.906 bits per heavy atom. The van der Waals surface area contributed by atoms with Crippen LogP contribution in [0.25, 0.3) is 0 Å². The molecule has 12 heteroatoms. The predicted octanol–water partition coefficient (Wildman–Crippen LogP) is -2.63. The molecule has 0 radical (unpaired) electrons. The van der Waals surface area contributed by atoms with Crippen LogP contribution in [-0.2, 0) is 30.4 Å². The first-order chi connectivity index (χ1) is 14.9. The number of carbonyl (C=O) groups is 5. The summed E-state index contributed by atoms with van der Waals surface area (Å²) in [6.07, 6.45) is -1.76. The van der Waals surface area contributed by atoms with Gasteiger partial charge in [0.1, 0.15) is 24.2 Å². The molecule has 0 saturated heterocycles. The number of carbonyl (C=O) groups excluding carboxylic acids is 4. The van der Waals surface area contributed by atoms with E-state index in [0.29, 0.717) is 5.56 Å². The molecule has 0 saturated carbocycles. The fourth-order valence-electron chi connectivity index (χ4n) is 2.60. The highest BCUT2D eigenvalue weighted by atomic mass is 16.4. The molecule has 1 aromatic carbocycles. The van der Waals surface area contributed by atoms with E-state index < -0.39 is 66.3 Å². The lowest BCUT2D eigenvalue weighted by Crippen LogP contribution is -2.59. The largest absolute Gasteiger partial charge is 0.480 e. The summed E-state index contributed by atoms with van der Waals surface area (Å²) in [5, 5.41) is 25.4. The maximum absolute atomic E-state index is 12.9. The van der Waals surface area contributed by atoms with Crippen LogP contribution in [0.5, 0.6) is 0 Å². The molecular formula is C20H29N5O7. The second-order valence-corrected chi connectivity index (χ2v) is 7.32. The Morgan fingerprint density at radius 2 is 1.44 bits per heavy atom. The second kappa shape index (κ2) is 12.4. The van der Waals surface area contributed by atoms with E-state index in [4.69, 9.17) is 16.6 Å². The van der Waals surface area contributed by atoms with Crippen molar-refractivity contribution in [3.8, 4) is 0 Å². The lowest BCUT2D eigenvalue weighted by atomic mass is 10.0. The molecule has 0 heterocycles. The van der Waals surface area contributed by atoms with E-state index in [1.54, 1.807) is 30.3 Å². The summed E-state index contributed by atoms with van der Waals surface area (Å²) in [4.78, 5) is 60.0. The molecule has 0 aliphatic carbocycles. The van der Waals surface area contributed by atoms with Crippen molar-refractivity contribution < 1.29 is 34.2 Å². The first kappa shape index (κ1) is 26.5. The third-order valence-electron chi connectivity index (χ3n) is 4.51. The van der Waals surface area contributed by atoms with E-state index in [0.717, 1.165) is 0 Å². The summed E-state index contributed by atoms with van der Waals surface area (Å²) in [6, 6.07) is 3.37. The Bertz CT molecular complexity index is 831. The standard InChI is InChI=1S/C20H29N5O7/c1-10(20(31)32)23-17(28)14(9-15(21)27)24-18(29)13(8-12-6-4-3-5-7-12)25-19(30)16(22)11(2)26/h3-7,10-11,13-14,16,26H,8-9,22H2,1-2H3,(H2,21,27)(H,23,28)(H,24,29)(H,25,30)(H,31,32). The smallest absolute Gasteiger partial charge is 0.325 e. The van der Waals surface area contributed by atoms with Crippen molar-refractivity contribution in [2.24, 2.45) is 11.5 Å². The SMILES string of the molecule is CC(NC(=O)C(CC(N)=O)NC(=O)C(Cc1ccccc1)NC(=O)C(N)C(C)O)C(=O)O. The number of hydrogen-bond acceptors (Lipinski definition) is 7. The van der Waals surface area contributed by atoms with Gasteiger partial charge in [-0.2, -0.15) is 0 Å². The lowest BCUT2D eigenvalue weighted by molar-refractivity contribution is -0.142. The van der Waals surface area contributed by atoms with Crippen LogP contribution in [-0.4, -0.2) is 70.1 Å². The summed E-state index contributed by atoms with van der Waals surface area (Å²) in [5.41, 5.74) is 11.5. The minimum atomic E-state index is -1.47. The Balaban J connectivity index is 3.07. The van der Waals surface area contributed by atoms with Gasteiger partial charge in [-0.3, -0.25) is 24.0 Å². The molecule has 5 atom stereocenters. The van der Waals surface area contributed by atoms with Crippen LogP contribution < -0.4 is 27.4 Å². The number of carboxylic acids is 1. The Kier molecular flexibility index (Phi) is 10.3. The van der Waals surface area contributed by atoms with Gasteiger partial charge in [0.05, 0.1) is 12.5 Å². The van der Waals surface area contributed by atoms with E-state index in [1.165, 1.54) is 13.8 Å². The zero-order valence-electron chi connectivity index (χ0n) is 17.8. The van der Waals surface area contributed by atoms with Gasteiger partial charge < -0.3 is 37.6 Å². The lowest BCUT2D eigenvalue weighted by Gasteiger charge is -2.25. The molecule has 176 valence electrons. The second-order valence-electron chi connectivity index (χ2n) is 7.32. The molecule has 0 spiro atoms. The number of carboxylic acid groups (broad SMARTS) is 1. The quantitative estimate of drug-likeness (QED) is 0.178. The molecule has 32 heavy (non-hydrogen) atoms. The fourth-order valence-corrected chi connectivity index (χ4v) is 2.60. The molecule has 9 N–H and O–H groups in total. The number of aliphatic hydroxyl groups excluding tert-OH is 1. The van der Waals surface area contributed by atoms with Gasteiger partial charge in [0.15, 0.2) is 0 Å². The minimum absolute atomic E-state index is 0.0153. The Hall–Kier alpha value is -3.51. The molecule has 1 aromatic rings. The number of amides is 4. The molecule has 0 fully saturated rings. The maximum Gasteiger partial charge on any atom is 0.325 e. The number of nitrogens with two attached hydrogens (primary N) is 2. The van der Waals surface area contributed by atoms with E-state index in [1.807, 2.05) is 0 Å². The van der Waals surface area contributed by atoms with Crippen LogP contribution in [0.4, 0.5) is 0 Å². The monoisotopic (exact) mass is 451 g/mol. The van der Waals surface area contributed by atoms with E-state index >= 15 is 0 Å². The third kappa shape index (κ3) is 8.70. The van der Waals surface area contributed by atoms with Crippen LogP contribution in [0.1, 0.15) is 25.8 Å². The van der Waals surface area contributed by atoms with Gasteiger partial charge in [0.2, 0.25) is 23.6 Å². The highest BCUT2D eigenvalue weighted by Gasteiger charge is 2.31. The number of aliphatic hydroxyl groups is 1. The summed E-state index contributed by atoms with van der Waals surface area (Å²) in [5.74, 6) is -4.79. The highest BCUT2D eigenvalue weighted by molar-refractivity contribution is 5.96. The van der Waals surface area contributed by atoms with Gasteiger partial charge in [-0.15, -0.1) is 0 Å². The molecule has 1 rings (SSSR count). The van der Waals surface area contributed by atoms with Crippen LogP contribution in [0, 0.1) is 0 Å². The topological polar surface area (TPSA) is 214 Å². The van der Waals surface area contributed by atoms with Crippen LogP contribution >= 0.6 is 0 Å². The number of benzene rings is 1. The first-order valence-corrected chi connectivity index (χ1v) is 9.82.